The Morgan fingerprint density at radius 3 is 3.00 bits per heavy atom. The Morgan fingerprint density at radius 1 is 1.55 bits per heavy atom. The monoisotopic (exact) mass is 156 g/mol. The number of nitrogens with two attached hydrogens (primary N) is 1. The zero-order valence-corrected chi connectivity index (χ0v) is 6.99. The molecule has 11 heavy (non-hydrogen) atoms. The molecule has 2 aliphatic heterocycles. The minimum Gasteiger partial charge on any atom is -0.372 e. The first-order valence-corrected chi connectivity index (χ1v) is 4.33. The van der Waals surface area contributed by atoms with Crippen LogP contribution in [0.2, 0.25) is 0 Å². The summed E-state index contributed by atoms with van der Waals surface area (Å²) in [6.45, 7) is 2.99. The van der Waals surface area contributed by atoms with Gasteiger partial charge in [-0.05, 0) is 13.5 Å². The van der Waals surface area contributed by atoms with Gasteiger partial charge in [-0.3, -0.25) is 0 Å². The first-order valence-electron chi connectivity index (χ1n) is 4.33. The highest BCUT2D eigenvalue weighted by Crippen LogP contribution is 2.31. The fourth-order valence-electron chi connectivity index (χ4n) is 2.22. The quantitative estimate of drug-likeness (QED) is 0.564. The fraction of sp³-hybridized carbons (Fsp3) is 1.00. The van der Waals surface area contributed by atoms with Gasteiger partial charge in [0.1, 0.15) is 0 Å². The van der Waals surface area contributed by atoms with Crippen molar-refractivity contribution in [3.8, 4) is 0 Å². The maximum absolute atomic E-state index is 5.74. The summed E-state index contributed by atoms with van der Waals surface area (Å²) in [5.74, 6) is 0.758. The summed E-state index contributed by atoms with van der Waals surface area (Å²) >= 11 is 0. The maximum Gasteiger partial charge on any atom is 0.0747 e. The van der Waals surface area contributed by atoms with Crippen LogP contribution in [0, 0.1) is 5.92 Å². The molecule has 2 saturated heterocycles. The normalized spacial score (nSPS) is 44.7. The van der Waals surface area contributed by atoms with Crippen LogP contribution < -0.4 is 5.73 Å². The maximum atomic E-state index is 5.74. The van der Waals surface area contributed by atoms with E-state index in [1.807, 2.05) is 0 Å². The highest BCUT2D eigenvalue weighted by atomic mass is 16.5. The number of nitrogens with zero attached hydrogens (tertiary/aromatic N) is 1. The van der Waals surface area contributed by atoms with Crippen molar-refractivity contribution in [3.05, 3.63) is 0 Å². The lowest BCUT2D eigenvalue weighted by atomic mass is 10.0. The van der Waals surface area contributed by atoms with Crippen molar-refractivity contribution in [2.24, 2.45) is 11.7 Å². The van der Waals surface area contributed by atoms with Crippen LogP contribution in [0.1, 0.15) is 6.42 Å². The van der Waals surface area contributed by atoms with Crippen molar-refractivity contribution in [2.75, 3.05) is 26.7 Å². The van der Waals surface area contributed by atoms with E-state index in [1.54, 1.807) is 0 Å². The Morgan fingerprint density at radius 2 is 2.36 bits per heavy atom. The first-order chi connectivity index (χ1) is 5.29. The Labute approximate surface area is 67.5 Å². The molecule has 0 unspecified atom stereocenters. The number of rotatable bonds is 1. The van der Waals surface area contributed by atoms with Crippen molar-refractivity contribution in [2.45, 2.75) is 18.6 Å². The molecule has 2 N–H and O–H groups in total. The molecule has 0 aromatic carbocycles. The zero-order valence-electron chi connectivity index (χ0n) is 6.99. The third-order valence-corrected chi connectivity index (χ3v) is 2.76. The number of hydrogen-bond donors (Lipinski definition) is 1. The van der Waals surface area contributed by atoms with Crippen LogP contribution in [0.15, 0.2) is 0 Å². The second-order valence-corrected chi connectivity index (χ2v) is 3.75. The minimum atomic E-state index is 0.346. The van der Waals surface area contributed by atoms with Crippen molar-refractivity contribution in [3.63, 3.8) is 0 Å². The molecule has 2 aliphatic rings. The van der Waals surface area contributed by atoms with E-state index in [1.165, 1.54) is 13.0 Å². The molecule has 0 spiro atoms. The van der Waals surface area contributed by atoms with Gasteiger partial charge in [0.15, 0.2) is 0 Å². The van der Waals surface area contributed by atoms with Crippen molar-refractivity contribution in [1.29, 1.82) is 0 Å². The lowest BCUT2D eigenvalue weighted by molar-refractivity contribution is 0.0454. The number of fused-ring (bicyclic) bond motifs is 1. The highest BCUT2D eigenvalue weighted by molar-refractivity contribution is 4.91. The van der Waals surface area contributed by atoms with Gasteiger partial charge in [-0.15, -0.1) is 0 Å². The van der Waals surface area contributed by atoms with Crippen molar-refractivity contribution < 1.29 is 4.74 Å². The number of likely N-dealkylation sites (N-methyl/N-ethyl adjacent to an activating group) is 1. The summed E-state index contributed by atoms with van der Waals surface area (Å²) in [4.78, 5) is 2.34. The molecule has 0 radical (unpaired) electrons. The van der Waals surface area contributed by atoms with Crippen LogP contribution in [-0.2, 0) is 4.74 Å². The molecule has 0 saturated carbocycles. The SMILES string of the molecule is CN1C[C@@H]2C[C@@H](CN)O[C@@H]2C1. The van der Waals surface area contributed by atoms with Gasteiger partial charge in [-0.2, -0.15) is 0 Å². The van der Waals surface area contributed by atoms with Crippen LogP contribution in [0.25, 0.3) is 0 Å². The van der Waals surface area contributed by atoms with Gasteiger partial charge < -0.3 is 15.4 Å². The van der Waals surface area contributed by atoms with E-state index in [0.29, 0.717) is 18.8 Å². The van der Waals surface area contributed by atoms with E-state index in [9.17, 15) is 0 Å². The molecular formula is C8H16N2O. The standard InChI is InChI=1S/C8H16N2O/c1-10-4-6-2-7(3-9)11-8(6)5-10/h6-8H,2-5,9H2,1H3/t6-,7-,8+/m0/s1. The molecule has 0 aliphatic carbocycles. The molecule has 2 rings (SSSR count). The van der Waals surface area contributed by atoms with Gasteiger partial charge in [-0.25, -0.2) is 0 Å². The summed E-state index contributed by atoms with van der Waals surface area (Å²) < 4.78 is 5.74. The lowest BCUT2D eigenvalue weighted by Crippen LogP contribution is -2.25. The number of hydrogen-bond acceptors (Lipinski definition) is 3. The predicted octanol–water partition coefficient (Wildman–Crippen LogP) is -0.336. The summed E-state index contributed by atoms with van der Waals surface area (Å²) in [7, 11) is 2.15. The summed E-state index contributed by atoms with van der Waals surface area (Å²) in [5, 5.41) is 0. The number of ether oxygens (including phenoxy) is 1. The Kier molecular flexibility index (Phi) is 1.87. The zero-order chi connectivity index (χ0) is 7.84. The van der Waals surface area contributed by atoms with Gasteiger partial charge in [0.05, 0.1) is 12.2 Å². The van der Waals surface area contributed by atoms with Gasteiger partial charge in [-0.1, -0.05) is 0 Å². The molecule has 0 aromatic rings. The minimum absolute atomic E-state index is 0.346. The average molecular weight is 156 g/mol. The van der Waals surface area contributed by atoms with Crippen molar-refractivity contribution >= 4 is 0 Å². The van der Waals surface area contributed by atoms with Crippen molar-refractivity contribution in [1.82, 2.24) is 4.90 Å². The van der Waals surface area contributed by atoms with Crippen LogP contribution >= 0.6 is 0 Å². The second-order valence-electron chi connectivity index (χ2n) is 3.75. The molecule has 64 valence electrons. The van der Waals surface area contributed by atoms with Crippen LogP contribution in [0.5, 0.6) is 0 Å². The van der Waals surface area contributed by atoms with E-state index < -0.39 is 0 Å². The van der Waals surface area contributed by atoms with Gasteiger partial charge in [0.25, 0.3) is 0 Å². The Hall–Kier alpha value is -0.120. The third-order valence-electron chi connectivity index (χ3n) is 2.76. The summed E-state index contributed by atoms with van der Waals surface area (Å²) in [6.07, 6.45) is 2.00. The van der Waals surface area contributed by atoms with E-state index in [4.69, 9.17) is 10.5 Å². The van der Waals surface area contributed by atoms with Crippen LogP contribution in [0.4, 0.5) is 0 Å². The summed E-state index contributed by atoms with van der Waals surface area (Å²) in [5.41, 5.74) is 5.53. The molecular weight excluding hydrogens is 140 g/mol. The van der Waals surface area contributed by atoms with Crippen LogP contribution in [-0.4, -0.2) is 43.8 Å². The largest absolute Gasteiger partial charge is 0.372 e. The topological polar surface area (TPSA) is 38.5 Å². The van der Waals surface area contributed by atoms with Gasteiger partial charge in [0.2, 0.25) is 0 Å². The molecule has 0 bridgehead atoms. The molecule has 2 fully saturated rings. The van der Waals surface area contributed by atoms with Gasteiger partial charge >= 0.3 is 0 Å². The van der Waals surface area contributed by atoms with Gasteiger partial charge in [0, 0.05) is 25.6 Å². The molecule has 3 heteroatoms. The molecule has 3 nitrogen and oxygen atoms in total. The third kappa shape index (κ3) is 1.28. The lowest BCUT2D eigenvalue weighted by Gasteiger charge is -2.12. The Balaban J connectivity index is 1.93. The van der Waals surface area contributed by atoms with E-state index in [2.05, 4.69) is 11.9 Å². The molecule has 0 amide bonds. The number of likely N-dealkylation sites (tertiary alicyclic amines) is 1. The van der Waals surface area contributed by atoms with Crippen LogP contribution in [0.3, 0.4) is 0 Å². The molecule has 3 atom stereocenters. The summed E-state index contributed by atoms with van der Waals surface area (Å²) in [6, 6.07) is 0. The smallest absolute Gasteiger partial charge is 0.0747 e. The van der Waals surface area contributed by atoms with E-state index in [-0.39, 0.29) is 0 Å². The highest BCUT2D eigenvalue weighted by Gasteiger charge is 2.39. The van der Waals surface area contributed by atoms with E-state index in [0.717, 1.165) is 12.5 Å². The first kappa shape index (κ1) is 7.53. The molecule has 0 aromatic heterocycles. The van der Waals surface area contributed by atoms with E-state index >= 15 is 0 Å². The average Bonchev–Trinajstić information content (AvgIpc) is 2.43. The molecule has 2 heterocycles. The predicted molar refractivity (Wildman–Crippen MR) is 43.3 cm³/mol. The Bertz CT molecular complexity index is 137. The fourth-order valence-corrected chi connectivity index (χ4v) is 2.22. The second kappa shape index (κ2) is 2.73.